The van der Waals surface area contributed by atoms with Crippen LogP contribution in [0.25, 0.3) is 11.6 Å². The van der Waals surface area contributed by atoms with Crippen molar-refractivity contribution in [2.75, 3.05) is 6.54 Å². The summed E-state index contributed by atoms with van der Waals surface area (Å²) in [7, 11) is 0. The van der Waals surface area contributed by atoms with Gasteiger partial charge in [0.15, 0.2) is 11.6 Å². The quantitative estimate of drug-likeness (QED) is 0.699. The van der Waals surface area contributed by atoms with Gasteiger partial charge in [-0.2, -0.15) is 0 Å². The molecule has 1 aliphatic rings. The first kappa shape index (κ1) is 19.2. The second-order valence-electron chi connectivity index (χ2n) is 7.04. The number of hydrogen-bond acceptors (Lipinski definition) is 6. The lowest BCUT2D eigenvalue weighted by Gasteiger charge is -2.30. The molecule has 0 spiro atoms. The SMILES string of the molecule is Cc1nc(-c2ncccn2)[nH]c(=O)c1CC(=O)NC(CN)C1CCCCC1. The summed E-state index contributed by atoms with van der Waals surface area (Å²) < 4.78 is 0. The van der Waals surface area contributed by atoms with E-state index >= 15 is 0 Å². The molecule has 8 heteroatoms. The van der Waals surface area contributed by atoms with Crippen LogP contribution in [0, 0.1) is 12.8 Å². The Morgan fingerprint density at radius 2 is 2.00 bits per heavy atom. The molecule has 1 saturated carbocycles. The zero-order valence-electron chi connectivity index (χ0n) is 15.6. The van der Waals surface area contributed by atoms with Crippen molar-refractivity contribution in [2.45, 2.75) is 51.5 Å². The fourth-order valence-corrected chi connectivity index (χ4v) is 3.67. The number of carbonyl (C=O) groups excluding carboxylic acids is 1. The van der Waals surface area contributed by atoms with Crippen molar-refractivity contribution < 1.29 is 4.79 Å². The zero-order valence-corrected chi connectivity index (χ0v) is 15.6. The van der Waals surface area contributed by atoms with Crippen LogP contribution in [-0.4, -0.2) is 38.4 Å². The maximum absolute atomic E-state index is 12.5. The highest BCUT2D eigenvalue weighted by Crippen LogP contribution is 2.26. The Hall–Kier alpha value is -2.61. The van der Waals surface area contributed by atoms with E-state index in [4.69, 9.17) is 5.73 Å². The molecule has 0 bridgehead atoms. The van der Waals surface area contributed by atoms with Crippen molar-refractivity contribution in [3.05, 3.63) is 40.1 Å². The molecule has 8 nitrogen and oxygen atoms in total. The molecule has 4 N–H and O–H groups in total. The minimum Gasteiger partial charge on any atom is -0.352 e. The third kappa shape index (κ3) is 4.77. The van der Waals surface area contributed by atoms with Gasteiger partial charge in [0.05, 0.1) is 6.42 Å². The van der Waals surface area contributed by atoms with E-state index < -0.39 is 0 Å². The van der Waals surface area contributed by atoms with Gasteiger partial charge in [-0.1, -0.05) is 19.3 Å². The highest BCUT2D eigenvalue weighted by atomic mass is 16.2. The summed E-state index contributed by atoms with van der Waals surface area (Å²) in [5.41, 5.74) is 6.39. The van der Waals surface area contributed by atoms with Crippen LogP contribution < -0.4 is 16.6 Å². The molecule has 1 unspecified atom stereocenters. The Bertz CT molecular complexity index is 830. The Balaban J connectivity index is 1.71. The molecular weight excluding hydrogens is 344 g/mol. The molecule has 0 saturated heterocycles. The van der Waals surface area contributed by atoms with E-state index in [2.05, 4.69) is 25.3 Å². The molecular formula is C19H26N6O2. The second kappa shape index (κ2) is 8.85. The van der Waals surface area contributed by atoms with E-state index in [9.17, 15) is 9.59 Å². The largest absolute Gasteiger partial charge is 0.352 e. The van der Waals surface area contributed by atoms with Gasteiger partial charge in [-0.25, -0.2) is 15.0 Å². The Morgan fingerprint density at radius 3 is 2.63 bits per heavy atom. The summed E-state index contributed by atoms with van der Waals surface area (Å²) in [5, 5.41) is 3.02. The number of rotatable bonds is 6. The molecule has 2 heterocycles. The summed E-state index contributed by atoms with van der Waals surface area (Å²) in [6, 6.07) is 1.65. The molecule has 1 fully saturated rings. The van der Waals surface area contributed by atoms with Gasteiger partial charge in [0.1, 0.15) is 0 Å². The first-order chi connectivity index (χ1) is 13.1. The van der Waals surface area contributed by atoms with Gasteiger partial charge in [-0.05, 0) is 31.7 Å². The number of nitrogens with zero attached hydrogens (tertiary/aromatic N) is 3. The van der Waals surface area contributed by atoms with Crippen molar-refractivity contribution in [3.63, 3.8) is 0 Å². The molecule has 27 heavy (non-hydrogen) atoms. The lowest BCUT2D eigenvalue weighted by molar-refractivity contribution is -0.121. The highest BCUT2D eigenvalue weighted by Gasteiger charge is 2.24. The van der Waals surface area contributed by atoms with Gasteiger partial charge < -0.3 is 16.0 Å². The third-order valence-electron chi connectivity index (χ3n) is 5.16. The predicted octanol–water partition coefficient (Wildman–Crippen LogP) is 1.10. The summed E-state index contributed by atoms with van der Waals surface area (Å²) in [6.45, 7) is 2.13. The maximum atomic E-state index is 12.5. The lowest BCUT2D eigenvalue weighted by Crippen LogP contribution is -2.46. The first-order valence-corrected chi connectivity index (χ1v) is 9.45. The molecule has 1 atom stereocenters. The number of aromatic nitrogens is 4. The standard InChI is InChI=1S/C19H26N6O2/c1-12-14(19(27)25-18(23-12)17-21-8-5-9-22-17)10-16(26)24-15(11-20)13-6-3-2-4-7-13/h5,8-9,13,15H,2-4,6-7,10-11,20H2,1H3,(H,24,26)(H,23,25,27). The smallest absolute Gasteiger partial charge is 0.255 e. The molecule has 0 aromatic carbocycles. The number of nitrogens with one attached hydrogen (secondary N) is 2. The van der Waals surface area contributed by atoms with E-state index in [1.54, 1.807) is 25.4 Å². The number of amides is 1. The average Bonchev–Trinajstić information content (AvgIpc) is 2.70. The summed E-state index contributed by atoms with van der Waals surface area (Å²) in [5.74, 6) is 0.858. The van der Waals surface area contributed by atoms with E-state index in [-0.39, 0.29) is 23.9 Å². The topological polar surface area (TPSA) is 127 Å². The number of carbonyl (C=O) groups is 1. The number of H-pyrrole nitrogens is 1. The predicted molar refractivity (Wildman–Crippen MR) is 102 cm³/mol. The van der Waals surface area contributed by atoms with Crippen LogP contribution in [0.4, 0.5) is 0 Å². The number of aromatic amines is 1. The maximum Gasteiger partial charge on any atom is 0.255 e. The normalized spacial score (nSPS) is 16.1. The lowest BCUT2D eigenvalue weighted by atomic mass is 9.84. The highest BCUT2D eigenvalue weighted by molar-refractivity contribution is 5.79. The Labute approximate surface area is 158 Å². The van der Waals surface area contributed by atoms with Crippen LogP contribution in [0.1, 0.15) is 43.4 Å². The van der Waals surface area contributed by atoms with Gasteiger partial charge >= 0.3 is 0 Å². The van der Waals surface area contributed by atoms with E-state index in [1.165, 1.54) is 19.3 Å². The minimum absolute atomic E-state index is 0.0205. The van der Waals surface area contributed by atoms with E-state index in [0.29, 0.717) is 35.4 Å². The molecule has 2 aromatic heterocycles. The van der Waals surface area contributed by atoms with Crippen LogP contribution in [0.15, 0.2) is 23.3 Å². The van der Waals surface area contributed by atoms with Gasteiger partial charge in [0.2, 0.25) is 5.91 Å². The Morgan fingerprint density at radius 1 is 1.30 bits per heavy atom. The number of nitrogens with two attached hydrogens (primary N) is 1. The minimum atomic E-state index is -0.345. The second-order valence-corrected chi connectivity index (χ2v) is 7.04. The van der Waals surface area contributed by atoms with Crippen LogP contribution in [-0.2, 0) is 11.2 Å². The fraction of sp³-hybridized carbons (Fsp3) is 0.526. The van der Waals surface area contributed by atoms with Crippen LogP contribution in [0.3, 0.4) is 0 Å². The molecule has 0 aliphatic heterocycles. The van der Waals surface area contributed by atoms with Crippen molar-refractivity contribution >= 4 is 5.91 Å². The monoisotopic (exact) mass is 370 g/mol. The van der Waals surface area contributed by atoms with Crippen LogP contribution in [0.5, 0.6) is 0 Å². The summed E-state index contributed by atoms with van der Waals surface area (Å²) in [4.78, 5) is 40.2. The van der Waals surface area contributed by atoms with Crippen LogP contribution >= 0.6 is 0 Å². The summed E-state index contributed by atoms with van der Waals surface area (Å²) >= 11 is 0. The molecule has 2 aromatic rings. The number of aryl methyl sites for hydroxylation is 1. The van der Waals surface area contributed by atoms with Crippen molar-refractivity contribution in [1.82, 2.24) is 25.3 Å². The summed E-state index contributed by atoms with van der Waals surface area (Å²) in [6.07, 6.45) is 8.94. The van der Waals surface area contributed by atoms with Gasteiger partial charge in [0.25, 0.3) is 5.56 Å². The van der Waals surface area contributed by atoms with Crippen molar-refractivity contribution in [2.24, 2.45) is 11.7 Å². The van der Waals surface area contributed by atoms with Gasteiger partial charge in [-0.3, -0.25) is 9.59 Å². The van der Waals surface area contributed by atoms with Gasteiger partial charge in [-0.15, -0.1) is 0 Å². The van der Waals surface area contributed by atoms with Gasteiger partial charge in [0, 0.05) is 36.2 Å². The molecule has 1 aliphatic carbocycles. The fourth-order valence-electron chi connectivity index (χ4n) is 3.67. The molecule has 0 radical (unpaired) electrons. The van der Waals surface area contributed by atoms with E-state index in [0.717, 1.165) is 12.8 Å². The van der Waals surface area contributed by atoms with Crippen LogP contribution in [0.2, 0.25) is 0 Å². The third-order valence-corrected chi connectivity index (χ3v) is 5.16. The van der Waals surface area contributed by atoms with Crippen molar-refractivity contribution in [1.29, 1.82) is 0 Å². The van der Waals surface area contributed by atoms with Crippen molar-refractivity contribution in [3.8, 4) is 11.6 Å². The molecule has 144 valence electrons. The molecule has 1 amide bonds. The number of hydrogen-bond donors (Lipinski definition) is 3. The zero-order chi connectivity index (χ0) is 19.2. The van der Waals surface area contributed by atoms with E-state index in [1.807, 2.05) is 0 Å². The molecule has 3 rings (SSSR count). The first-order valence-electron chi connectivity index (χ1n) is 9.45. The average molecular weight is 370 g/mol. The Kier molecular flexibility index (Phi) is 6.28.